The number of nitrogens with zero attached hydrogens (tertiary/aromatic N) is 3. The number of imidazole rings is 1. The third-order valence-corrected chi connectivity index (χ3v) is 5.78. The van der Waals surface area contributed by atoms with Gasteiger partial charge in [0.05, 0.1) is 6.20 Å². The van der Waals surface area contributed by atoms with Gasteiger partial charge < -0.3 is 10.6 Å². The molecular formula is C21H32Cl3N5O2. The first-order chi connectivity index (χ1) is 13.8. The zero-order valence-electron chi connectivity index (χ0n) is 17.5. The van der Waals surface area contributed by atoms with Gasteiger partial charge in [-0.2, -0.15) is 0 Å². The lowest BCUT2D eigenvalue weighted by Gasteiger charge is -2.22. The summed E-state index contributed by atoms with van der Waals surface area (Å²) >= 11 is 0. The maximum absolute atomic E-state index is 12.7. The monoisotopic (exact) mass is 491 g/mol. The average molecular weight is 493 g/mol. The van der Waals surface area contributed by atoms with Crippen molar-refractivity contribution in [3.8, 4) is 0 Å². The van der Waals surface area contributed by atoms with Crippen LogP contribution in [0.5, 0.6) is 0 Å². The van der Waals surface area contributed by atoms with Gasteiger partial charge in [0, 0.05) is 25.7 Å². The van der Waals surface area contributed by atoms with Crippen molar-refractivity contribution in [1.29, 1.82) is 0 Å². The average Bonchev–Trinajstić information content (AvgIpc) is 3.16. The molecule has 4 rings (SSSR count). The number of halogens is 3. The number of unbranched alkanes of at least 4 members (excludes halogenated alkanes) is 1. The molecule has 1 aliphatic rings. The van der Waals surface area contributed by atoms with E-state index in [9.17, 15) is 9.59 Å². The lowest BCUT2D eigenvalue weighted by molar-refractivity contribution is 0.372. The van der Waals surface area contributed by atoms with Crippen LogP contribution in [0.3, 0.4) is 0 Å². The molecule has 0 spiro atoms. The lowest BCUT2D eigenvalue weighted by atomic mass is 9.95. The summed E-state index contributed by atoms with van der Waals surface area (Å²) in [5, 5.41) is 7.07. The molecule has 3 aromatic heterocycles. The normalized spacial score (nSPS) is 14.2. The largest absolute Gasteiger partial charge is 0.315 e. The van der Waals surface area contributed by atoms with Gasteiger partial charge in [0.25, 0.3) is 11.1 Å². The molecule has 3 heterocycles. The van der Waals surface area contributed by atoms with Crippen molar-refractivity contribution in [3.05, 3.63) is 45.1 Å². The predicted octanol–water partition coefficient (Wildman–Crippen LogP) is 3.00. The Morgan fingerprint density at radius 1 is 0.903 bits per heavy atom. The number of pyridine rings is 1. The van der Waals surface area contributed by atoms with Gasteiger partial charge >= 0.3 is 0 Å². The van der Waals surface area contributed by atoms with Crippen molar-refractivity contribution >= 4 is 53.9 Å². The van der Waals surface area contributed by atoms with Crippen LogP contribution in [0.2, 0.25) is 0 Å². The molecule has 1 aliphatic carbocycles. The van der Waals surface area contributed by atoms with Crippen LogP contribution in [0.1, 0.15) is 44.9 Å². The summed E-state index contributed by atoms with van der Waals surface area (Å²) in [7, 11) is 0. The minimum atomic E-state index is -0.249. The minimum Gasteiger partial charge on any atom is -0.315 e. The van der Waals surface area contributed by atoms with Crippen molar-refractivity contribution in [2.75, 3.05) is 19.6 Å². The molecule has 3 aromatic rings. The third kappa shape index (κ3) is 6.33. The van der Waals surface area contributed by atoms with Gasteiger partial charge in [-0.15, -0.1) is 37.2 Å². The van der Waals surface area contributed by atoms with Crippen molar-refractivity contribution < 1.29 is 0 Å². The molecule has 0 aromatic carbocycles. The van der Waals surface area contributed by atoms with E-state index in [-0.39, 0.29) is 48.3 Å². The molecule has 10 heteroatoms. The molecule has 0 saturated heterocycles. The van der Waals surface area contributed by atoms with E-state index >= 15 is 0 Å². The number of hydrogen-bond acceptors (Lipinski definition) is 5. The van der Waals surface area contributed by atoms with E-state index in [1.165, 1.54) is 36.7 Å². The molecule has 0 radical (unpaired) electrons. The molecular weight excluding hydrogens is 461 g/mol. The van der Waals surface area contributed by atoms with E-state index in [1.807, 2.05) is 0 Å². The van der Waals surface area contributed by atoms with Crippen LogP contribution in [-0.4, -0.2) is 39.6 Å². The van der Waals surface area contributed by atoms with E-state index in [0.29, 0.717) is 29.3 Å². The zero-order chi connectivity index (χ0) is 19.3. The molecule has 0 bridgehead atoms. The predicted molar refractivity (Wildman–Crippen MR) is 133 cm³/mol. The van der Waals surface area contributed by atoms with Gasteiger partial charge in [-0.3, -0.25) is 18.6 Å². The first-order valence-electron chi connectivity index (χ1n) is 10.5. The lowest BCUT2D eigenvalue weighted by Crippen LogP contribution is -2.37. The summed E-state index contributed by atoms with van der Waals surface area (Å²) < 4.78 is 3.01. The molecule has 174 valence electrons. The second kappa shape index (κ2) is 13.2. The van der Waals surface area contributed by atoms with Crippen molar-refractivity contribution in [2.45, 2.75) is 57.5 Å². The summed E-state index contributed by atoms with van der Waals surface area (Å²) in [6.45, 7) is 3.30. The van der Waals surface area contributed by atoms with Crippen molar-refractivity contribution in [3.63, 3.8) is 0 Å². The van der Waals surface area contributed by atoms with E-state index in [4.69, 9.17) is 0 Å². The fourth-order valence-electron chi connectivity index (χ4n) is 4.24. The topological polar surface area (TPSA) is 80.4 Å². The van der Waals surface area contributed by atoms with E-state index < -0.39 is 0 Å². The Bertz CT molecular complexity index is 1030. The number of rotatable bonds is 9. The molecule has 1 fully saturated rings. The molecule has 2 N–H and O–H groups in total. The van der Waals surface area contributed by atoms with Gasteiger partial charge in [-0.1, -0.05) is 25.3 Å². The quantitative estimate of drug-likeness (QED) is 0.449. The summed E-state index contributed by atoms with van der Waals surface area (Å²) in [6, 6.07) is 6.06. The second-order valence-electron chi connectivity index (χ2n) is 7.76. The van der Waals surface area contributed by atoms with Gasteiger partial charge in [-0.25, -0.2) is 4.98 Å². The first kappa shape index (κ1) is 27.7. The Morgan fingerprint density at radius 3 is 2.42 bits per heavy atom. The highest BCUT2D eigenvalue weighted by molar-refractivity contribution is 5.86. The maximum Gasteiger partial charge on any atom is 0.279 e. The van der Waals surface area contributed by atoms with Crippen LogP contribution in [0.25, 0.3) is 16.7 Å². The Morgan fingerprint density at radius 2 is 1.65 bits per heavy atom. The summed E-state index contributed by atoms with van der Waals surface area (Å²) in [4.78, 5) is 29.6. The standard InChI is InChI=1S/C21H29N5O2.3ClH/c27-20-17-9-6-10-19-24-15-18(26(17)19)21(28)25(20)14-5-4-11-22-12-13-23-16-7-2-1-3-8-16;;;/h6,9-10,15-16,22-23H,1-5,7-8,11-14H2;3*1H. The highest BCUT2D eigenvalue weighted by Crippen LogP contribution is 2.16. The maximum atomic E-state index is 12.7. The van der Waals surface area contributed by atoms with Gasteiger partial charge in [0.1, 0.15) is 16.7 Å². The Hall–Kier alpha value is -1.38. The minimum absolute atomic E-state index is 0. The molecule has 0 amide bonds. The molecule has 0 unspecified atom stereocenters. The van der Waals surface area contributed by atoms with Gasteiger partial charge in [0.15, 0.2) is 0 Å². The Labute approximate surface area is 200 Å². The van der Waals surface area contributed by atoms with Crippen LogP contribution in [0, 0.1) is 0 Å². The first-order valence-corrected chi connectivity index (χ1v) is 10.5. The second-order valence-corrected chi connectivity index (χ2v) is 7.76. The Kier molecular flexibility index (Phi) is 11.8. The SMILES string of the molecule is Cl.Cl.Cl.O=c1c2cccc3ncc(c(=O)n1CCCCNCCNC1CCCCC1)n32. The summed E-state index contributed by atoms with van der Waals surface area (Å²) in [5.74, 6) is 0. The fraction of sp³-hybridized carbons (Fsp3) is 0.571. The van der Waals surface area contributed by atoms with Crippen LogP contribution in [0.15, 0.2) is 34.0 Å². The number of nitrogens with one attached hydrogen (secondary N) is 2. The van der Waals surface area contributed by atoms with Crippen LogP contribution >= 0.6 is 37.2 Å². The molecule has 7 nitrogen and oxygen atoms in total. The van der Waals surface area contributed by atoms with E-state index in [1.54, 1.807) is 28.8 Å². The molecule has 0 aliphatic heterocycles. The van der Waals surface area contributed by atoms with Crippen molar-refractivity contribution in [1.82, 2.24) is 24.6 Å². The van der Waals surface area contributed by atoms with Gasteiger partial charge in [-0.05, 0) is 44.4 Å². The third-order valence-electron chi connectivity index (χ3n) is 5.78. The van der Waals surface area contributed by atoms with Crippen LogP contribution < -0.4 is 21.8 Å². The summed E-state index contributed by atoms with van der Waals surface area (Å²) in [6.07, 6.45) is 10.0. The van der Waals surface area contributed by atoms with Gasteiger partial charge in [0.2, 0.25) is 0 Å². The fourth-order valence-corrected chi connectivity index (χ4v) is 4.24. The number of aromatic nitrogens is 3. The molecule has 31 heavy (non-hydrogen) atoms. The molecule has 1 saturated carbocycles. The smallest absolute Gasteiger partial charge is 0.279 e. The molecule has 0 atom stereocenters. The highest BCUT2D eigenvalue weighted by atomic mass is 35.5. The van der Waals surface area contributed by atoms with Crippen LogP contribution in [0.4, 0.5) is 0 Å². The van der Waals surface area contributed by atoms with E-state index in [0.717, 1.165) is 32.5 Å². The van der Waals surface area contributed by atoms with Crippen LogP contribution in [-0.2, 0) is 6.54 Å². The van der Waals surface area contributed by atoms with E-state index in [2.05, 4.69) is 15.6 Å². The van der Waals surface area contributed by atoms with Crippen molar-refractivity contribution in [2.24, 2.45) is 0 Å². The zero-order valence-corrected chi connectivity index (χ0v) is 20.0. The summed E-state index contributed by atoms with van der Waals surface area (Å²) in [5.41, 5.74) is 1.14. The Balaban J connectivity index is 0.00000160. The number of hydrogen-bond donors (Lipinski definition) is 2. The highest BCUT2D eigenvalue weighted by Gasteiger charge is 2.14.